The smallest absolute Gasteiger partial charge is 0.170 e. The lowest BCUT2D eigenvalue weighted by molar-refractivity contribution is -0.0748. The van der Waals surface area contributed by atoms with Gasteiger partial charge in [-0.2, -0.15) is 31.6 Å². The molecule has 2 nitrogen and oxygen atoms in total. The van der Waals surface area contributed by atoms with E-state index < -0.39 is 21.7 Å². The molecule has 70 valence electrons. The van der Waals surface area contributed by atoms with Crippen LogP contribution in [0.3, 0.4) is 0 Å². The first-order valence-corrected chi connectivity index (χ1v) is 3.35. The molecule has 0 aromatic carbocycles. The average molecular weight is 210 g/mol. The van der Waals surface area contributed by atoms with Gasteiger partial charge in [-0.1, -0.05) is 0 Å². The van der Waals surface area contributed by atoms with Crippen molar-refractivity contribution >= 4 is 10.7 Å². The molecule has 0 aromatic heterocycles. The molecule has 0 aliphatic heterocycles. The molecule has 0 rings (SSSR count). The molecule has 12 heavy (non-hydrogen) atoms. The van der Waals surface area contributed by atoms with E-state index in [1.807, 2.05) is 0 Å². The molecule has 0 saturated heterocycles. The molecule has 0 aliphatic carbocycles. The van der Waals surface area contributed by atoms with Crippen molar-refractivity contribution in [3.8, 4) is 6.19 Å². The van der Waals surface area contributed by atoms with Gasteiger partial charge < -0.3 is 0 Å². The highest BCUT2D eigenvalue weighted by Gasteiger charge is 2.52. The average Bonchev–Trinajstić information content (AvgIpc) is 1.77. The first-order chi connectivity index (χ1) is 5.19. The van der Waals surface area contributed by atoms with Gasteiger partial charge in [0, 0.05) is 0 Å². The van der Waals surface area contributed by atoms with Crippen LogP contribution in [0.15, 0.2) is 4.36 Å². The van der Waals surface area contributed by atoms with Crippen LogP contribution in [-0.2, 0) is 10.7 Å². The van der Waals surface area contributed by atoms with E-state index in [1.165, 1.54) is 0 Å². The minimum Gasteiger partial charge on any atom is -0.170 e. The Morgan fingerprint density at radius 1 is 1.00 bits per heavy atom. The van der Waals surface area contributed by atoms with Crippen molar-refractivity contribution < 1.29 is 26.3 Å². The fraction of sp³-hybridized carbons (Fsp3) is 0.667. The van der Waals surface area contributed by atoms with Crippen molar-refractivity contribution in [3.63, 3.8) is 0 Å². The zero-order valence-corrected chi connectivity index (χ0v) is 5.89. The second-order valence-electron chi connectivity index (χ2n) is 1.37. The van der Waals surface area contributed by atoms with Crippen molar-refractivity contribution in [2.45, 2.75) is 11.0 Å². The number of halogens is 6. The third-order valence-electron chi connectivity index (χ3n) is 0.571. The van der Waals surface area contributed by atoms with E-state index in [0.29, 0.717) is 6.19 Å². The Kier molecular flexibility index (Phi) is 3.09. The number of hydrogen-bond acceptors (Lipinski definition) is 2. The Morgan fingerprint density at radius 2 is 1.33 bits per heavy atom. The summed E-state index contributed by atoms with van der Waals surface area (Å²) >= 11 is 0. The van der Waals surface area contributed by atoms with Crippen LogP contribution in [0.4, 0.5) is 26.3 Å². The molecule has 0 bridgehead atoms. The van der Waals surface area contributed by atoms with E-state index in [-0.39, 0.29) is 0 Å². The molecule has 0 unspecified atom stereocenters. The highest BCUT2D eigenvalue weighted by atomic mass is 32.2. The third-order valence-corrected chi connectivity index (χ3v) is 1.71. The van der Waals surface area contributed by atoms with Gasteiger partial charge in [-0.05, 0) is 0 Å². The molecule has 0 N–H and O–H groups in total. The van der Waals surface area contributed by atoms with Gasteiger partial charge in [-0.3, -0.25) is 0 Å². The van der Waals surface area contributed by atoms with E-state index in [2.05, 4.69) is 0 Å². The largest absolute Gasteiger partial charge is 0.461 e. The van der Waals surface area contributed by atoms with E-state index in [1.54, 1.807) is 4.36 Å². The number of hydrogen-bond donors (Lipinski definition) is 0. The number of alkyl halides is 6. The van der Waals surface area contributed by atoms with Gasteiger partial charge in [0.2, 0.25) is 6.19 Å². The highest BCUT2D eigenvalue weighted by molar-refractivity contribution is 7.89. The van der Waals surface area contributed by atoms with Crippen molar-refractivity contribution in [3.05, 3.63) is 0 Å². The molecule has 0 amide bonds. The summed E-state index contributed by atoms with van der Waals surface area (Å²) in [7, 11) is -4.20. The SMILES string of the molecule is N#CN=S(C(F)(F)F)C(F)(F)F. The van der Waals surface area contributed by atoms with Gasteiger partial charge in [0.05, 0.1) is 0 Å². The third kappa shape index (κ3) is 3.08. The molecule has 0 spiro atoms. The highest BCUT2D eigenvalue weighted by Crippen LogP contribution is 2.34. The number of rotatable bonds is 0. The lowest BCUT2D eigenvalue weighted by Crippen LogP contribution is -2.29. The Labute approximate surface area is 64.9 Å². The maximum Gasteiger partial charge on any atom is 0.461 e. The van der Waals surface area contributed by atoms with Gasteiger partial charge in [0.1, 0.15) is 10.7 Å². The standard InChI is InChI=1S/C3F6N2S/c4-2(5,6)12(11-1-10)3(7,8)9. The number of nitriles is 1. The maximum absolute atomic E-state index is 11.5. The first kappa shape index (κ1) is 11.2. The van der Waals surface area contributed by atoms with Crippen molar-refractivity contribution in [1.82, 2.24) is 0 Å². The minimum absolute atomic E-state index is 0.478. The van der Waals surface area contributed by atoms with Gasteiger partial charge in [-0.15, -0.1) is 4.36 Å². The molecular formula is C3F6N2S. The zero-order chi connectivity index (χ0) is 9.99. The van der Waals surface area contributed by atoms with E-state index in [0.717, 1.165) is 0 Å². The summed E-state index contributed by atoms with van der Waals surface area (Å²) in [4.78, 5) is 0. The first-order valence-electron chi connectivity index (χ1n) is 2.17. The van der Waals surface area contributed by atoms with Gasteiger partial charge in [-0.25, -0.2) is 0 Å². The summed E-state index contributed by atoms with van der Waals surface area (Å²) in [5.74, 6) is 0. The van der Waals surface area contributed by atoms with Crippen LogP contribution < -0.4 is 0 Å². The van der Waals surface area contributed by atoms with E-state index in [9.17, 15) is 26.3 Å². The summed E-state index contributed by atoms with van der Waals surface area (Å²) in [6.07, 6.45) is 0.478. The fourth-order valence-corrected chi connectivity index (χ4v) is 0.827. The zero-order valence-electron chi connectivity index (χ0n) is 5.07. The molecule has 0 aromatic rings. The van der Waals surface area contributed by atoms with Crippen LogP contribution in [-0.4, -0.2) is 11.0 Å². The van der Waals surface area contributed by atoms with E-state index in [4.69, 9.17) is 5.26 Å². The Morgan fingerprint density at radius 3 is 1.42 bits per heavy atom. The molecule has 0 fully saturated rings. The van der Waals surface area contributed by atoms with Crippen LogP contribution in [0.1, 0.15) is 0 Å². The molecule has 0 radical (unpaired) electrons. The second-order valence-corrected chi connectivity index (χ2v) is 3.05. The van der Waals surface area contributed by atoms with Gasteiger partial charge >= 0.3 is 11.0 Å². The van der Waals surface area contributed by atoms with Crippen molar-refractivity contribution in [2.75, 3.05) is 0 Å². The Hall–Kier alpha value is -0.780. The Balaban J connectivity index is 5.00. The van der Waals surface area contributed by atoms with Crippen molar-refractivity contribution in [1.29, 1.82) is 5.26 Å². The molecular weight excluding hydrogens is 210 g/mol. The summed E-state index contributed by atoms with van der Waals surface area (Å²) < 4.78 is 70.5. The van der Waals surface area contributed by atoms with Crippen LogP contribution in [0.25, 0.3) is 0 Å². The van der Waals surface area contributed by atoms with E-state index >= 15 is 0 Å². The van der Waals surface area contributed by atoms with Crippen molar-refractivity contribution in [2.24, 2.45) is 4.36 Å². The van der Waals surface area contributed by atoms with Crippen LogP contribution in [0, 0.1) is 11.5 Å². The van der Waals surface area contributed by atoms with Crippen LogP contribution >= 0.6 is 0 Å². The fourth-order valence-electron chi connectivity index (χ4n) is 0.276. The lowest BCUT2D eigenvalue weighted by Gasteiger charge is -2.11. The normalized spacial score (nSPS) is 12.8. The molecule has 0 saturated carbocycles. The lowest BCUT2D eigenvalue weighted by atomic mass is 11.5. The van der Waals surface area contributed by atoms with Crippen LogP contribution in [0.2, 0.25) is 0 Å². The summed E-state index contributed by atoms with van der Waals surface area (Å²) in [6.45, 7) is 0. The van der Waals surface area contributed by atoms with Crippen LogP contribution in [0.5, 0.6) is 0 Å². The molecule has 9 heteroatoms. The van der Waals surface area contributed by atoms with Gasteiger partial charge in [0.15, 0.2) is 0 Å². The summed E-state index contributed by atoms with van der Waals surface area (Å²) in [5.41, 5.74) is -11.1. The summed E-state index contributed by atoms with van der Waals surface area (Å²) in [5, 5.41) is 7.55. The monoisotopic (exact) mass is 210 g/mol. The minimum atomic E-state index is -5.53. The molecule has 0 atom stereocenters. The summed E-state index contributed by atoms with van der Waals surface area (Å²) in [6, 6.07) is 0. The topological polar surface area (TPSA) is 36.1 Å². The predicted molar refractivity (Wildman–Crippen MR) is 27.5 cm³/mol. The molecule has 0 heterocycles. The quantitative estimate of drug-likeness (QED) is 0.446. The van der Waals surface area contributed by atoms with Gasteiger partial charge in [0.25, 0.3) is 0 Å². The maximum atomic E-state index is 11.5. The predicted octanol–water partition coefficient (Wildman–Crippen LogP) is 2.31. The number of nitrogens with zero attached hydrogens (tertiary/aromatic N) is 2. The molecule has 0 aliphatic rings. The Bertz CT molecular complexity index is 215. The second kappa shape index (κ2) is 3.30.